The van der Waals surface area contributed by atoms with Gasteiger partial charge in [0, 0.05) is 13.2 Å². The van der Waals surface area contributed by atoms with Gasteiger partial charge in [-0.1, -0.05) is 13.8 Å². The number of rotatable bonds is 7. The molecule has 0 radical (unpaired) electrons. The molecule has 0 aliphatic heterocycles. The highest BCUT2D eigenvalue weighted by atomic mass is 16.5. The molecule has 7 heteroatoms. The summed E-state index contributed by atoms with van der Waals surface area (Å²) in [5.74, 6) is 0.712. The van der Waals surface area contributed by atoms with Crippen LogP contribution in [0.25, 0.3) is 0 Å². The van der Waals surface area contributed by atoms with E-state index < -0.39 is 11.2 Å². The first-order chi connectivity index (χ1) is 8.09. The first kappa shape index (κ1) is 13.4. The number of H-pyrrole nitrogens is 2. The van der Waals surface area contributed by atoms with Gasteiger partial charge in [-0.05, 0) is 12.3 Å². The number of aromatic nitrogens is 3. The van der Waals surface area contributed by atoms with Crippen LogP contribution < -0.4 is 16.6 Å². The number of aromatic amines is 2. The monoisotopic (exact) mass is 242 g/mol. The van der Waals surface area contributed by atoms with Gasteiger partial charge in [-0.25, -0.2) is 9.89 Å². The Kier molecular flexibility index (Phi) is 5.41. The first-order valence-electron chi connectivity index (χ1n) is 5.60. The van der Waals surface area contributed by atoms with Gasteiger partial charge in [0.15, 0.2) is 0 Å². The lowest BCUT2D eigenvalue weighted by atomic mass is 10.1. The van der Waals surface area contributed by atoms with Gasteiger partial charge in [0.1, 0.15) is 0 Å². The van der Waals surface area contributed by atoms with Crippen LogP contribution >= 0.6 is 0 Å². The second-order valence-electron chi connectivity index (χ2n) is 4.08. The van der Waals surface area contributed by atoms with Crippen LogP contribution in [0.3, 0.4) is 0 Å². The van der Waals surface area contributed by atoms with Crippen LogP contribution in [0.4, 0.5) is 5.82 Å². The van der Waals surface area contributed by atoms with E-state index in [0.29, 0.717) is 25.7 Å². The van der Waals surface area contributed by atoms with E-state index in [-0.39, 0.29) is 5.82 Å². The van der Waals surface area contributed by atoms with Gasteiger partial charge in [0.05, 0.1) is 6.61 Å². The molecule has 96 valence electrons. The summed E-state index contributed by atoms with van der Waals surface area (Å²) in [5.41, 5.74) is -1.15. The summed E-state index contributed by atoms with van der Waals surface area (Å²) < 4.78 is 5.36. The molecule has 0 aromatic carbocycles. The molecule has 0 unspecified atom stereocenters. The normalized spacial score (nSPS) is 10.8. The van der Waals surface area contributed by atoms with E-state index in [1.807, 2.05) is 0 Å². The van der Waals surface area contributed by atoms with Crippen LogP contribution in [-0.2, 0) is 4.74 Å². The predicted octanol–water partition coefficient (Wildman–Crippen LogP) is -0.0672. The minimum absolute atomic E-state index is 0.0945. The molecule has 3 N–H and O–H groups in total. The third-order valence-corrected chi connectivity index (χ3v) is 2.09. The zero-order chi connectivity index (χ0) is 12.7. The van der Waals surface area contributed by atoms with Crippen LogP contribution in [0.1, 0.15) is 20.3 Å². The molecule has 1 rings (SSSR count). The number of nitrogens with one attached hydrogen (secondary N) is 3. The average molecular weight is 242 g/mol. The molecule has 0 fully saturated rings. The maximum atomic E-state index is 11.2. The zero-order valence-corrected chi connectivity index (χ0v) is 10.1. The Morgan fingerprint density at radius 3 is 2.76 bits per heavy atom. The second kappa shape index (κ2) is 6.85. The Morgan fingerprint density at radius 2 is 2.12 bits per heavy atom. The van der Waals surface area contributed by atoms with E-state index in [9.17, 15) is 9.59 Å². The molecule has 17 heavy (non-hydrogen) atoms. The lowest BCUT2D eigenvalue weighted by Crippen LogP contribution is -2.27. The van der Waals surface area contributed by atoms with Gasteiger partial charge < -0.3 is 10.1 Å². The van der Waals surface area contributed by atoms with Crippen molar-refractivity contribution in [3.05, 3.63) is 20.8 Å². The van der Waals surface area contributed by atoms with Gasteiger partial charge in [0.25, 0.3) is 5.56 Å². The maximum Gasteiger partial charge on any atom is 0.342 e. The third kappa shape index (κ3) is 5.30. The van der Waals surface area contributed by atoms with Crippen molar-refractivity contribution >= 4 is 5.82 Å². The predicted molar refractivity (Wildman–Crippen MR) is 64.2 cm³/mol. The highest BCUT2D eigenvalue weighted by Gasteiger charge is 2.00. The second-order valence-corrected chi connectivity index (χ2v) is 4.08. The Bertz CT molecular complexity index is 438. The van der Waals surface area contributed by atoms with E-state index in [1.54, 1.807) is 0 Å². The summed E-state index contributed by atoms with van der Waals surface area (Å²) in [5, 5.41) is 8.50. The summed E-state index contributed by atoms with van der Waals surface area (Å²) in [6.45, 7) is 5.93. The van der Waals surface area contributed by atoms with Crippen molar-refractivity contribution in [1.82, 2.24) is 15.2 Å². The molecule has 1 aromatic heterocycles. The van der Waals surface area contributed by atoms with Crippen LogP contribution in [-0.4, -0.2) is 34.9 Å². The molecule has 0 amide bonds. The molecule has 0 saturated heterocycles. The molecule has 0 bridgehead atoms. The van der Waals surface area contributed by atoms with Crippen LogP contribution in [0.15, 0.2) is 9.59 Å². The Labute approximate surface area is 98.6 Å². The molecule has 7 nitrogen and oxygen atoms in total. The lowest BCUT2D eigenvalue weighted by Gasteiger charge is -2.07. The Hall–Kier alpha value is -1.63. The van der Waals surface area contributed by atoms with E-state index in [1.165, 1.54) is 0 Å². The van der Waals surface area contributed by atoms with Crippen molar-refractivity contribution in [2.45, 2.75) is 20.3 Å². The van der Waals surface area contributed by atoms with Crippen molar-refractivity contribution in [2.24, 2.45) is 5.92 Å². The molecule has 1 aromatic rings. The first-order valence-corrected chi connectivity index (χ1v) is 5.60. The minimum Gasteiger partial charge on any atom is -0.380 e. The molecule has 0 aliphatic rings. The standard InChI is InChI=1S/C10H18N4O3/c1-7(2)3-5-17-6-4-11-8-9(15)12-10(16)14-13-8/h7H,3-6H2,1-2H3,(H,11,13)(H2,12,14,15,16). The summed E-state index contributed by atoms with van der Waals surface area (Å²) in [7, 11) is 0. The fourth-order valence-corrected chi connectivity index (χ4v) is 1.13. The summed E-state index contributed by atoms with van der Waals surface area (Å²) in [6.07, 6.45) is 1.01. The number of nitrogens with zero attached hydrogens (tertiary/aromatic N) is 1. The largest absolute Gasteiger partial charge is 0.380 e. The summed E-state index contributed by atoms with van der Waals surface area (Å²) in [6, 6.07) is 0. The third-order valence-electron chi connectivity index (χ3n) is 2.09. The minimum atomic E-state index is -0.617. The maximum absolute atomic E-state index is 11.2. The van der Waals surface area contributed by atoms with Gasteiger partial charge in [0.2, 0.25) is 5.82 Å². The summed E-state index contributed by atoms with van der Waals surface area (Å²) in [4.78, 5) is 24.0. The number of anilines is 1. The molecule has 0 saturated carbocycles. The van der Waals surface area contributed by atoms with Crippen molar-refractivity contribution in [3.8, 4) is 0 Å². The Balaban J connectivity index is 2.22. The summed E-state index contributed by atoms with van der Waals surface area (Å²) >= 11 is 0. The highest BCUT2D eigenvalue weighted by molar-refractivity contribution is 5.28. The highest BCUT2D eigenvalue weighted by Crippen LogP contribution is 1.98. The number of hydrogen-bond donors (Lipinski definition) is 3. The van der Waals surface area contributed by atoms with Crippen molar-refractivity contribution in [2.75, 3.05) is 25.1 Å². The zero-order valence-electron chi connectivity index (χ0n) is 10.1. The van der Waals surface area contributed by atoms with Crippen LogP contribution in [0.2, 0.25) is 0 Å². The lowest BCUT2D eigenvalue weighted by molar-refractivity contribution is 0.132. The van der Waals surface area contributed by atoms with E-state index in [2.05, 4.69) is 34.3 Å². The van der Waals surface area contributed by atoms with Crippen LogP contribution in [0.5, 0.6) is 0 Å². The van der Waals surface area contributed by atoms with Gasteiger partial charge in [-0.3, -0.25) is 9.78 Å². The molecule has 1 heterocycles. The van der Waals surface area contributed by atoms with E-state index in [4.69, 9.17) is 4.74 Å². The smallest absolute Gasteiger partial charge is 0.342 e. The topological polar surface area (TPSA) is 99.9 Å². The number of hydrogen-bond acceptors (Lipinski definition) is 5. The quantitative estimate of drug-likeness (QED) is 0.581. The van der Waals surface area contributed by atoms with Gasteiger partial charge in [-0.2, -0.15) is 0 Å². The van der Waals surface area contributed by atoms with Crippen LogP contribution in [0, 0.1) is 5.92 Å². The molecule has 0 aliphatic carbocycles. The van der Waals surface area contributed by atoms with Crippen molar-refractivity contribution < 1.29 is 4.74 Å². The molecule has 0 atom stereocenters. The fourth-order valence-electron chi connectivity index (χ4n) is 1.13. The fraction of sp³-hybridized carbons (Fsp3) is 0.700. The number of ether oxygens (including phenoxy) is 1. The molecule has 0 spiro atoms. The Morgan fingerprint density at radius 1 is 1.35 bits per heavy atom. The van der Waals surface area contributed by atoms with E-state index in [0.717, 1.165) is 6.42 Å². The van der Waals surface area contributed by atoms with Gasteiger partial charge >= 0.3 is 5.69 Å². The van der Waals surface area contributed by atoms with Crippen molar-refractivity contribution in [1.29, 1.82) is 0 Å². The average Bonchev–Trinajstić information content (AvgIpc) is 2.25. The molecular formula is C10H18N4O3. The van der Waals surface area contributed by atoms with Gasteiger partial charge in [-0.15, -0.1) is 5.10 Å². The van der Waals surface area contributed by atoms with E-state index >= 15 is 0 Å². The SMILES string of the molecule is CC(C)CCOCCNc1n[nH]c(=O)[nH]c1=O. The van der Waals surface area contributed by atoms with Crippen molar-refractivity contribution in [3.63, 3.8) is 0 Å². The molecular weight excluding hydrogens is 224 g/mol.